The van der Waals surface area contributed by atoms with Gasteiger partial charge in [-0.05, 0) is 29.5 Å². The summed E-state index contributed by atoms with van der Waals surface area (Å²) in [6, 6.07) is 6.26. The van der Waals surface area contributed by atoms with E-state index < -0.39 is 0 Å². The SMILES string of the molecule is CCc1ccc2nc(C(N)C(C)(C)C)[nH]c2c1. The Labute approximate surface area is 102 Å². The quantitative estimate of drug-likeness (QED) is 0.834. The number of aryl methyl sites for hydroxylation is 1. The molecular formula is C14H21N3. The number of aromatic nitrogens is 2. The minimum Gasteiger partial charge on any atom is -0.341 e. The molecule has 0 aliphatic rings. The highest BCUT2D eigenvalue weighted by molar-refractivity contribution is 5.76. The van der Waals surface area contributed by atoms with Crippen molar-refractivity contribution < 1.29 is 0 Å². The molecule has 0 aliphatic heterocycles. The van der Waals surface area contributed by atoms with Gasteiger partial charge in [-0.15, -0.1) is 0 Å². The van der Waals surface area contributed by atoms with E-state index in [1.54, 1.807) is 0 Å². The van der Waals surface area contributed by atoms with Crippen molar-refractivity contribution >= 4 is 11.0 Å². The van der Waals surface area contributed by atoms with Crippen LogP contribution in [0.15, 0.2) is 18.2 Å². The van der Waals surface area contributed by atoms with E-state index in [-0.39, 0.29) is 11.5 Å². The second kappa shape index (κ2) is 4.15. The summed E-state index contributed by atoms with van der Waals surface area (Å²) in [6.45, 7) is 8.53. The number of hydrogen-bond acceptors (Lipinski definition) is 2. The van der Waals surface area contributed by atoms with E-state index >= 15 is 0 Å². The van der Waals surface area contributed by atoms with Crippen molar-refractivity contribution in [3.05, 3.63) is 29.6 Å². The summed E-state index contributed by atoms with van der Waals surface area (Å²) in [6.07, 6.45) is 1.04. The highest BCUT2D eigenvalue weighted by Gasteiger charge is 2.25. The van der Waals surface area contributed by atoms with Crippen LogP contribution in [0.1, 0.15) is 45.1 Å². The Hall–Kier alpha value is -1.35. The number of nitrogens with one attached hydrogen (secondary N) is 1. The minimum atomic E-state index is -0.0695. The number of fused-ring (bicyclic) bond motifs is 1. The van der Waals surface area contributed by atoms with Crippen molar-refractivity contribution in [1.82, 2.24) is 9.97 Å². The first-order valence-electron chi connectivity index (χ1n) is 6.16. The van der Waals surface area contributed by atoms with Crippen molar-refractivity contribution in [3.8, 4) is 0 Å². The minimum absolute atomic E-state index is 0.0153. The predicted octanol–water partition coefficient (Wildman–Crippen LogP) is 3.17. The highest BCUT2D eigenvalue weighted by Crippen LogP contribution is 2.29. The van der Waals surface area contributed by atoms with E-state index in [9.17, 15) is 0 Å². The largest absolute Gasteiger partial charge is 0.341 e. The smallest absolute Gasteiger partial charge is 0.124 e. The first kappa shape index (κ1) is 12.1. The molecule has 0 spiro atoms. The molecule has 1 aromatic carbocycles. The lowest BCUT2D eigenvalue weighted by atomic mass is 9.87. The molecule has 0 saturated carbocycles. The van der Waals surface area contributed by atoms with Crippen LogP contribution in [0, 0.1) is 5.41 Å². The third kappa shape index (κ3) is 2.34. The molecule has 1 atom stereocenters. The van der Waals surface area contributed by atoms with Crippen molar-refractivity contribution in [2.45, 2.75) is 40.2 Å². The summed E-state index contributed by atoms with van der Waals surface area (Å²) < 4.78 is 0. The molecule has 0 amide bonds. The van der Waals surface area contributed by atoms with Gasteiger partial charge < -0.3 is 10.7 Å². The van der Waals surface area contributed by atoms with E-state index in [0.717, 1.165) is 23.3 Å². The molecule has 17 heavy (non-hydrogen) atoms. The number of nitrogens with zero attached hydrogens (tertiary/aromatic N) is 1. The average molecular weight is 231 g/mol. The molecule has 0 bridgehead atoms. The van der Waals surface area contributed by atoms with Gasteiger partial charge >= 0.3 is 0 Å². The summed E-state index contributed by atoms with van der Waals surface area (Å²) in [5.41, 5.74) is 9.62. The van der Waals surface area contributed by atoms with Crippen LogP contribution < -0.4 is 5.73 Å². The van der Waals surface area contributed by atoms with E-state index in [2.05, 4.69) is 55.9 Å². The van der Waals surface area contributed by atoms with Crippen molar-refractivity contribution in [3.63, 3.8) is 0 Å². The molecule has 2 rings (SSSR count). The molecule has 1 aromatic heterocycles. The molecule has 3 heteroatoms. The maximum Gasteiger partial charge on any atom is 0.124 e. The summed E-state index contributed by atoms with van der Waals surface area (Å²) in [5, 5.41) is 0. The summed E-state index contributed by atoms with van der Waals surface area (Å²) in [7, 11) is 0. The summed E-state index contributed by atoms with van der Waals surface area (Å²) in [4.78, 5) is 7.91. The normalized spacial score (nSPS) is 14.2. The standard InChI is InChI=1S/C14H21N3/c1-5-9-6-7-10-11(8-9)17-13(16-10)12(15)14(2,3)4/h6-8,12H,5,15H2,1-4H3,(H,16,17). The monoisotopic (exact) mass is 231 g/mol. The lowest BCUT2D eigenvalue weighted by Crippen LogP contribution is -2.27. The topological polar surface area (TPSA) is 54.7 Å². The Morgan fingerprint density at radius 1 is 1.35 bits per heavy atom. The Morgan fingerprint density at radius 2 is 2.06 bits per heavy atom. The van der Waals surface area contributed by atoms with Gasteiger partial charge in [-0.3, -0.25) is 0 Å². The second-order valence-corrected chi connectivity index (χ2v) is 5.67. The third-order valence-electron chi connectivity index (χ3n) is 3.20. The van der Waals surface area contributed by atoms with Crippen LogP contribution in [0.2, 0.25) is 0 Å². The maximum absolute atomic E-state index is 6.21. The number of H-pyrrole nitrogens is 1. The fourth-order valence-corrected chi connectivity index (χ4v) is 1.85. The molecule has 2 aromatic rings. The second-order valence-electron chi connectivity index (χ2n) is 5.67. The first-order valence-corrected chi connectivity index (χ1v) is 6.16. The molecule has 0 radical (unpaired) electrons. The van der Waals surface area contributed by atoms with Crippen LogP contribution in [-0.2, 0) is 6.42 Å². The summed E-state index contributed by atoms with van der Waals surface area (Å²) >= 11 is 0. The van der Waals surface area contributed by atoms with E-state index in [4.69, 9.17) is 5.73 Å². The van der Waals surface area contributed by atoms with Gasteiger partial charge in [0, 0.05) is 0 Å². The van der Waals surface area contributed by atoms with Gasteiger partial charge in [0.2, 0.25) is 0 Å². The summed E-state index contributed by atoms with van der Waals surface area (Å²) in [5.74, 6) is 0.876. The molecule has 3 nitrogen and oxygen atoms in total. The zero-order chi connectivity index (χ0) is 12.6. The van der Waals surface area contributed by atoms with E-state index in [1.165, 1.54) is 5.56 Å². The lowest BCUT2D eigenvalue weighted by molar-refractivity contribution is 0.317. The van der Waals surface area contributed by atoms with Gasteiger partial charge in [0.1, 0.15) is 5.82 Å². The molecule has 0 fully saturated rings. The molecule has 1 heterocycles. The van der Waals surface area contributed by atoms with Gasteiger partial charge in [-0.2, -0.15) is 0 Å². The van der Waals surface area contributed by atoms with Crippen molar-refractivity contribution in [2.75, 3.05) is 0 Å². The van der Waals surface area contributed by atoms with Gasteiger partial charge in [-0.25, -0.2) is 4.98 Å². The average Bonchev–Trinajstić information content (AvgIpc) is 2.68. The number of nitrogens with two attached hydrogens (primary N) is 1. The van der Waals surface area contributed by atoms with Crippen LogP contribution in [0.25, 0.3) is 11.0 Å². The molecule has 1 unspecified atom stereocenters. The molecule has 0 saturated heterocycles. The third-order valence-corrected chi connectivity index (χ3v) is 3.20. The Bertz CT molecular complexity index is 520. The van der Waals surface area contributed by atoms with E-state index in [1.807, 2.05) is 0 Å². The van der Waals surface area contributed by atoms with Gasteiger partial charge in [0.05, 0.1) is 17.1 Å². The van der Waals surface area contributed by atoms with Crippen LogP contribution in [-0.4, -0.2) is 9.97 Å². The van der Waals surface area contributed by atoms with Gasteiger partial charge in [-0.1, -0.05) is 33.8 Å². The van der Waals surface area contributed by atoms with Crippen molar-refractivity contribution in [2.24, 2.45) is 11.1 Å². The fourth-order valence-electron chi connectivity index (χ4n) is 1.85. The first-order chi connectivity index (χ1) is 7.91. The van der Waals surface area contributed by atoms with Crippen LogP contribution in [0.5, 0.6) is 0 Å². The van der Waals surface area contributed by atoms with Crippen LogP contribution >= 0.6 is 0 Å². The Kier molecular flexibility index (Phi) is 2.96. The molecule has 0 aliphatic carbocycles. The molecule has 3 N–H and O–H groups in total. The van der Waals surface area contributed by atoms with Gasteiger partial charge in [0.15, 0.2) is 0 Å². The zero-order valence-electron chi connectivity index (χ0n) is 11.0. The Balaban J connectivity index is 2.44. The number of benzene rings is 1. The van der Waals surface area contributed by atoms with Crippen molar-refractivity contribution in [1.29, 1.82) is 0 Å². The molecular weight excluding hydrogens is 210 g/mol. The van der Waals surface area contributed by atoms with Gasteiger partial charge in [0.25, 0.3) is 0 Å². The number of rotatable bonds is 2. The number of imidazole rings is 1. The highest BCUT2D eigenvalue weighted by atomic mass is 15.0. The van der Waals surface area contributed by atoms with E-state index in [0.29, 0.717) is 0 Å². The maximum atomic E-state index is 6.21. The Morgan fingerprint density at radius 3 is 2.65 bits per heavy atom. The van der Waals surface area contributed by atoms with Crippen LogP contribution in [0.3, 0.4) is 0 Å². The number of hydrogen-bond donors (Lipinski definition) is 2. The predicted molar refractivity (Wildman–Crippen MR) is 71.9 cm³/mol. The number of aromatic amines is 1. The lowest BCUT2D eigenvalue weighted by Gasteiger charge is -2.24. The van der Waals surface area contributed by atoms with Crippen LogP contribution in [0.4, 0.5) is 0 Å². The fraction of sp³-hybridized carbons (Fsp3) is 0.500. The molecule has 92 valence electrons. The zero-order valence-corrected chi connectivity index (χ0v) is 11.0.